The molecule has 3 aromatic rings. The molecule has 5 heteroatoms. The van der Waals surface area contributed by atoms with Gasteiger partial charge in [-0.15, -0.1) is 0 Å². The predicted molar refractivity (Wildman–Crippen MR) is 123 cm³/mol. The summed E-state index contributed by atoms with van der Waals surface area (Å²) in [4.78, 5) is 15.1. The van der Waals surface area contributed by atoms with Gasteiger partial charge in [0.25, 0.3) is 0 Å². The van der Waals surface area contributed by atoms with Crippen LogP contribution in [0.2, 0.25) is 0 Å². The van der Waals surface area contributed by atoms with Crippen LogP contribution in [0.25, 0.3) is 0 Å². The van der Waals surface area contributed by atoms with Gasteiger partial charge in [0.15, 0.2) is 0 Å². The third-order valence-corrected chi connectivity index (χ3v) is 5.79. The van der Waals surface area contributed by atoms with E-state index in [1.807, 2.05) is 78.9 Å². The van der Waals surface area contributed by atoms with Crippen molar-refractivity contribution >= 4 is 11.8 Å². The lowest BCUT2D eigenvalue weighted by molar-refractivity contribution is 0.0477. The minimum absolute atomic E-state index is 0.0726. The normalized spacial score (nSPS) is 15.0. The second-order valence-electron chi connectivity index (χ2n) is 7.98. The zero-order chi connectivity index (χ0) is 21.5. The molecule has 0 bridgehead atoms. The molecule has 0 radical (unpaired) electrons. The number of carbonyl (C=O) groups excluding carboxylic acids is 1. The molecule has 3 N–H and O–H groups in total. The Kier molecular flexibility index (Phi) is 6.85. The van der Waals surface area contributed by atoms with E-state index in [2.05, 4.69) is 16.3 Å². The second kappa shape index (κ2) is 10.1. The van der Waals surface area contributed by atoms with Crippen LogP contribution in [0, 0.1) is 0 Å². The molecule has 0 saturated carbocycles. The molecule has 31 heavy (non-hydrogen) atoms. The summed E-state index contributed by atoms with van der Waals surface area (Å²) < 4.78 is 5.79. The Morgan fingerprint density at radius 1 is 0.903 bits per heavy atom. The molecule has 4 rings (SSSR count). The standard InChI is InChI=1S/C26H29N3O2/c27-24-14-8-7-13-22(24)19-29-17-15-23(16-18-29)31-26(30)28-25(20-9-3-1-4-10-20)21-11-5-2-6-12-21/h1-14,23,25H,15-19,27H2,(H,28,30). The number of anilines is 1. The Bertz CT molecular complexity index is 931. The monoisotopic (exact) mass is 415 g/mol. The lowest BCUT2D eigenvalue weighted by Crippen LogP contribution is -2.40. The van der Waals surface area contributed by atoms with Crippen molar-refractivity contribution < 1.29 is 9.53 Å². The SMILES string of the molecule is Nc1ccccc1CN1CCC(OC(=O)NC(c2ccccc2)c2ccccc2)CC1. The third kappa shape index (κ3) is 5.64. The Morgan fingerprint density at radius 2 is 1.45 bits per heavy atom. The molecule has 1 saturated heterocycles. The van der Waals surface area contributed by atoms with E-state index in [1.165, 1.54) is 0 Å². The van der Waals surface area contributed by atoms with E-state index in [0.29, 0.717) is 0 Å². The molecule has 1 aliphatic heterocycles. The lowest BCUT2D eigenvalue weighted by atomic mass is 9.99. The second-order valence-corrected chi connectivity index (χ2v) is 7.98. The number of rotatable bonds is 6. The first-order chi connectivity index (χ1) is 15.2. The number of likely N-dealkylation sites (tertiary alicyclic amines) is 1. The molecule has 3 aromatic carbocycles. The largest absolute Gasteiger partial charge is 0.446 e. The number of amides is 1. The van der Waals surface area contributed by atoms with Gasteiger partial charge in [0.05, 0.1) is 6.04 Å². The van der Waals surface area contributed by atoms with Gasteiger partial charge in [0, 0.05) is 25.3 Å². The van der Waals surface area contributed by atoms with Crippen molar-refractivity contribution in [3.8, 4) is 0 Å². The number of nitrogens with zero attached hydrogens (tertiary/aromatic N) is 1. The number of para-hydroxylation sites is 1. The highest BCUT2D eigenvalue weighted by Crippen LogP contribution is 2.23. The number of alkyl carbamates (subject to hydrolysis) is 1. The van der Waals surface area contributed by atoms with Crippen LogP contribution in [0.5, 0.6) is 0 Å². The Balaban J connectivity index is 1.32. The van der Waals surface area contributed by atoms with Crippen molar-refractivity contribution in [2.45, 2.75) is 31.5 Å². The van der Waals surface area contributed by atoms with E-state index in [-0.39, 0.29) is 18.2 Å². The fraction of sp³-hybridized carbons (Fsp3) is 0.269. The highest BCUT2D eigenvalue weighted by Gasteiger charge is 2.24. The van der Waals surface area contributed by atoms with Gasteiger partial charge in [-0.25, -0.2) is 4.79 Å². The minimum atomic E-state index is -0.372. The Hall–Kier alpha value is -3.31. The van der Waals surface area contributed by atoms with Gasteiger partial charge in [0.1, 0.15) is 6.10 Å². The number of hydrogen-bond donors (Lipinski definition) is 2. The summed E-state index contributed by atoms with van der Waals surface area (Å²) in [6.45, 7) is 2.59. The molecular formula is C26H29N3O2. The van der Waals surface area contributed by atoms with Crippen molar-refractivity contribution in [1.82, 2.24) is 10.2 Å². The number of ether oxygens (including phenoxy) is 1. The molecule has 1 amide bonds. The average Bonchev–Trinajstić information content (AvgIpc) is 2.81. The number of hydrogen-bond acceptors (Lipinski definition) is 4. The van der Waals surface area contributed by atoms with Gasteiger partial charge in [-0.1, -0.05) is 78.9 Å². The summed E-state index contributed by atoms with van der Waals surface area (Å²) in [6.07, 6.45) is 1.20. The Morgan fingerprint density at radius 3 is 2.03 bits per heavy atom. The van der Waals surface area contributed by atoms with E-state index in [0.717, 1.165) is 54.9 Å². The number of nitrogens with one attached hydrogen (secondary N) is 1. The number of piperidine rings is 1. The van der Waals surface area contributed by atoms with Crippen molar-refractivity contribution in [2.75, 3.05) is 18.8 Å². The smallest absolute Gasteiger partial charge is 0.408 e. The summed E-state index contributed by atoms with van der Waals surface area (Å²) >= 11 is 0. The first kappa shape index (κ1) is 20.9. The molecule has 1 aliphatic rings. The highest BCUT2D eigenvalue weighted by molar-refractivity contribution is 5.69. The van der Waals surface area contributed by atoms with Crippen LogP contribution < -0.4 is 11.1 Å². The van der Waals surface area contributed by atoms with Crippen LogP contribution in [-0.4, -0.2) is 30.2 Å². The first-order valence-corrected chi connectivity index (χ1v) is 10.8. The third-order valence-electron chi connectivity index (χ3n) is 5.79. The number of nitrogens with two attached hydrogens (primary N) is 1. The summed E-state index contributed by atoms with van der Waals surface area (Å²) in [5.74, 6) is 0. The van der Waals surface area contributed by atoms with Crippen molar-refractivity contribution in [2.24, 2.45) is 0 Å². The molecule has 0 aliphatic carbocycles. The van der Waals surface area contributed by atoms with Gasteiger partial charge in [-0.2, -0.15) is 0 Å². The van der Waals surface area contributed by atoms with Crippen LogP contribution in [0.1, 0.15) is 35.6 Å². The van der Waals surface area contributed by atoms with Gasteiger partial charge < -0.3 is 15.8 Å². The number of nitrogen functional groups attached to an aromatic ring is 1. The molecular weight excluding hydrogens is 386 g/mol. The minimum Gasteiger partial charge on any atom is -0.446 e. The lowest BCUT2D eigenvalue weighted by Gasteiger charge is -2.32. The van der Waals surface area contributed by atoms with E-state index in [4.69, 9.17) is 10.5 Å². The summed E-state index contributed by atoms with van der Waals surface area (Å²) in [5.41, 5.74) is 10.1. The molecule has 1 heterocycles. The van der Waals surface area contributed by atoms with Gasteiger partial charge in [0.2, 0.25) is 0 Å². The van der Waals surface area contributed by atoms with Gasteiger partial charge >= 0.3 is 6.09 Å². The average molecular weight is 416 g/mol. The van der Waals surface area contributed by atoms with Crippen molar-refractivity contribution in [3.63, 3.8) is 0 Å². The van der Waals surface area contributed by atoms with E-state index in [1.54, 1.807) is 0 Å². The van der Waals surface area contributed by atoms with Crippen LogP contribution in [0.15, 0.2) is 84.9 Å². The zero-order valence-electron chi connectivity index (χ0n) is 17.6. The fourth-order valence-corrected chi connectivity index (χ4v) is 4.06. The van der Waals surface area contributed by atoms with Crippen molar-refractivity contribution in [1.29, 1.82) is 0 Å². The maximum absolute atomic E-state index is 12.7. The number of carbonyl (C=O) groups is 1. The highest BCUT2D eigenvalue weighted by atomic mass is 16.6. The van der Waals surface area contributed by atoms with E-state index >= 15 is 0 Å². The molecule has 160 valence electrons. The van der Waals surface area contributed by atoms with Crippen molar-refractivity contribution in [3.05, 3.63) is 102 Å². The summed E-state index contributed by atoms with van der Waals surface area (Å²) in [7, 11) is 0. The molecule has 0 spiro atoms. The molecule has 0 unspecified atom stereocenters. The molecule has 0 atom stereocenters. The number of benzene rings is 3. The van der Waals surface area contributed by atoms with Crippen LogP contribution in [0.4, 0.5) is 10.5 Å². The summed E-state index contributed by atoms with van der Waals surface area (Å²) in [5, 5.41) is 3.06. The summed E-state index contributed by atoms with van der Waals surface area (Å²) in [6, 6.07) is 27.7. The zero-order valence-corrected chi connectivity index (χ0v) is 17.6. The topological polar surface area (TPSA) is 67.6 Å². The maximum atomic E-state index is 12.7. The van der Waals surface area contributed by atoms with Crippen LogP contribution >= 0.6 is 0 Å². The molecule has 5 nitrogen and oxygen atoms in total. The quantitative estimate of drug-likeness (QED) is 0.570. The predicted octanol–water partition coefficient (Wildman–Crippen LogP) is 4.75. The molecule has 0 aromatic heterocycles. The maximum Gasteiger partial charge on any atom is 0.408 e. The first-order valence-electron chi connectivity index (χ1n) is 10.8. The molecule has 1 fully saturated rings. The van der Waals surface area contributed by atoms with Crippen LogP contribution in [0.3, 0.4) is 0 Å². The van der Waals surface area contributed by atoms with Gasteiger partial charge in [-0.05, 0) is 35.6 Å². The van der Waals surface area contributed by atoms with Crippen LogP contribution in [-0.2, 0) is 11.3 Å². The van der Waals surface area contributed by atoms with E-state index in [9.17, 15) is 4.79 Å². The van der Waals surface area contributed by atoms with Gasteiger partial charge in [-0.3, -0.25) is 4.90 Å². The fourth-order valence-electron chi connectivity index (χ4n) is 4.06. The van der Waals surface area contributed by atoms with E-state index < -0.39 is 0 Å². The Labute approximate surface area is 183 Å².